The van der Waals surface area contributed by atoms with Crippen LogP contribution in [0.1, 0.15) is 69.3 Å². The van der Waals surface area contributed by atoms with Crippen molar-refractivity contribution in [3.63, 3.8) is 0 Å². The number of hydrogen-bond donors (Lipinski definition) is 4. The quantitative estimate of drug-likeness (QED) is 0.199. The highest BCUT2D eigenvalue weighted by atomic mass is 19.4. The summed E-state index contributed by atoms with van der Waals surface area (Å²) in [7, 11) is 0. The van der Waals surface area contributed by atoms with Crippen LogP contribution in [0.5, 0.6) is 0 Å². The largest absolute Gasteiger partial charge is 0.418 e. The third-order valence-electron chi connectivity index (χ3n) is 10.6. The molecule has 5 rings (SSSR count). The van der Waals surface area contributed by atoms with Crippen LogP contribution in [0.2, 0.25) is 0 Å². The Morgan fingerprint density at radius 1 is 0.942 bits per heavy atom. The molecule has 2 unspecified atom stereocenters. The zero-order valence-corrected chi connectivity index (χ0v) is 29.9. The summed E-state index contributed by atoms with van der Waals surface area (Å²) < 4.78 is 61.9. The van der Waals surface area contributed by atoms with Crippen LogP contribution >= 0.6 is 0 Å². The van der Waals surface area contributed by atoms with Crippen LogP contribution in [0.4, 0.5) is 17.6 Å². The smallest absolute Gasteiger partial charge is 0.378 e. The Hall–Kier alpha value is -4.46. The standard InChI is InChI=1S/C38H47F4N5O5/c1-5-22(3)31(44-30(48)20-24-10-7-8-13-28(24)39)34(49)46-37(36(51)45-32(23(4)6-2)35(50)47-16-18-52-19-17-47)15-14-29-26(21-37)25-11-9-12-27(33(25)43-29)38(40,41)42/h7-13,22-23,31-32,43H,5-6,14-21H2,1-4H3,(H,44,48)(H,45,51)(H,46,49)/t22?,23?,31-,32-,37+/m0/s1. The van der Waals surface area contributed by atoms with Crippen LogP contribution in [0.3, 0.4) is 0 Å². The number of H-pyrrole nitrogens is 1. The fourth-order valence-corrected chi connectivity index (χ4v) is 7.06. The van der Waals surface area contributed by atoms with Crippen LogP contribution in [0.25, 0.3) is 10.9 Å². The minimum atomic E-state index is -4.64. The molecule has 2 heterocycles. The van der Waals surface area contributed by atoms with Gasteiger partial charge in [-0.05, 0) is 47.9 Å². The molecular formula is C38H47F4N5O5. The summed E-state index contributed by atoms with van der Waals surface area (Å²) in [5.41, 5.74) is -1.54. The highest BCUT2D eigenvalue weighted by Crippen LogP contribution is 2.40. The third-order valence-corrected chi connectivity index (χ3v) is 10.6. The molecule has 0 bridgehead atoms. The van der Waals surface area contributed by atoms with Gasteiger partial charge in [0.1, 0.15) is 23.4 Å². The van der Waals surface area contributed by atoms with Crippen molar-refractivity contribution >= 4 is 34.5 Å². The molecule has 10 nitrogen and oxygen atoms in total. The van der Waals surface area contributed by atoms with E-state index in [0.717, 1.165) is 6.07 Å². The number of halogens is 4. The Kier molecular flexibility index (Phi) is 12.0. The maximum absolute atomic E-state index is 14.7. The molecule has 1 aromatic heterocycles. The Morgan fingerprint density at radius 2 is 1.62 bits per heavy atom. The number of aromatic amines is 1. The van der Waals surface area contributed by atoms with Crippen molar-refractivity contribution in [3.05, 3.63) is 70.7 Å². The molecule has 282 valence electrons. The third kappa shape index (κ3) is 8.27. The van der Waals surface area contributed by atoms with Gasteiger partial charge in [-0.3, -0.25) is 19.2 Å². The topological polar surface area (TPSA) is 133 Å². The number of carbonyl (C=O) groups excluding carboxylic acids is 4. The molecule has 1 aliphatic heterocycles. The van der Waals surface area contributed by atoms with Crippen molar-refractivity contribution in [2.45, 2.75) is 90.0 Å². The number of nitrogens with zero attached hydrogens (tertiary/aromatic N) is 1. The monoisotopic (exact) mass is 729 g/mol. The van der Waals surface area contributed by atoms with Gasteiger partial charge in [0.15, 0.2) is 0 Å². The van der Waals surface area contributed by atoms with E-state index in [1.54, 1.807) is 24.0 Å². The van der Waals surface area contributed by atoms with Gasteiger partial charge in [-0.25, -0.2) is 4.39 Å². The number of nitrogens with one attached hydrogen (secondary N) is 4. The van der Waals surface area contributed by atoms with Gasteiger partial charge in [0.2, 0.25) is 23.6 Å². The van der Waals surface area contributed by atoms with E-state index in [4.69, 9.17) is 4.74 Å². The van der Waals surface area contributed by atoms with E-state index < -0.39 is 58.8 Å². The van der Waals surface area contributed by atoms with Crippen molar-refractivity contribution in [1.29, 1.82) is 0 Å². The van der Waals surface area contributed by atoms with Gasteiger partial charge in [-0.1, -0.05) is 70.9 Å². The van der Waals surface area contributed by atoms with E-state index in [1.807, 2.05) is 20.8 Å². The number of para-hydroxylation sites is 1. The molecule has 1 aliphatic carbocycles. The lowest BCUT2D eigenvalue weighted by Gasteiger charge is -2.40. The number of ether oxygens (including phenoxy) is 1. The van der Waals surface area contributed by atoms with Gasteiger partial charge in [-0.2, -0.15) is 13.2 Å². The second kappa shape index (κ2) is 16.1. The molecule has 5 atom stereocenters. The van der Waals surface area contributed by atoms with Crippen LogP contribution in [-0.2, 0) is 49.4 Å². The molecule has 0 spiro atoms. The molecule has 1 fully saturated rings. The van der Waals surface area contributed by atoms with Crippen molar-refractivity contribution in [2.75, 3.05) is 26.3 Å². The molecule has 0 radical (unpaired) electrons. The van der Waals surface area contributed by atoms with Gasteiger partial charge in [-0.15, -0.1) is 0 Å². The Balaban J connectivity index is 1.51. The number of carbonyl (C=O) groups is 4. The zero-order valence-electron chi connectivity index (χ0n) is 29.9. The number of morpholine rings is 1. The zero-order chi connectivity index (χ0) is 37.8. The fourth-order valence-electron chi connectivity index (χ4n) is 7.06. The van der Waals surface area contributed by atoms with Crippen molar-refractivity contribution in [1.82, 2.24) is 25.8 Å². The molecule has 3 aromatic rings. The Morgan fingerprint density at radius 3 is 2.27 bits per heavy atom. The molecule has 4 amide bonds. The average Bonchev–Trinajstić information content (AvgIpc) is 3.50. The molecule has 14 heteroatoms. The second-order valence-electron chi connectivity index (χ2n) is 14.0. The predicted octanol–water partition coefficient (Wildman–Crippen LogP) is 4.83. The second-order valence-corrected chi connectivity index (χ2v) is 14.0. The van der Waals surface area contributed by atoms with Crippen molar-refractivity contribution < 1.29 is 41.5 Å². The molecular weight excluding hydrogens is 682 g/mol. The predicted molar refractivity (Wildman–Crippen MR) is 186 cm³/mol. The maximum Gasteiger partial charge on any atom is 0.418 e. The number of aromatic nitrogens is 1. The number of hydrogen-bond acceptors (Lipinski definition) is 5. The van der Waals surface area contributed by atoms with E-state index >= 15 is 0 Å². The SMILES string of the molecule is CCC(C)[C@H](NC(=O)Cc1ccccc1F)C(=O)N[C@]1(C(=O)N[C@H](C(=O)N2CCOCC2)C(C)CC)CCc2[nH]c3c(C(F)(F)F)cccc3c2C1. The fraction of sp³-hybridized carbons (Fsp3) is 0.526. The Bertz CT molecular complexity index is 1790. The van der Waals surface area contributed by atoms with Crippen LogP contribution in [0, 0.1) is 17.7 Å². The van der Waals surface area contributed by atoms with Gasteiger partial charge < -0.3 is 30.6 Å². The first-order valence-electron chi connectivity index (χ1n) is 17.9. The minimum absolute atomic E-state index is 0.00111. The molecule has 0 saturated carbocycles. The lowest BCUT2D eigenvalue weighted by atomic mass is 9.78. The summed E-state index contributed by atoms with van der Waals surface area (Å²) in [6.07, 6.45) is -3.99. The normalized spacial score (nSPS) is 20.0. The van der Waals surface area contributed by atoms with Crippen molar-refractivity contribution in [3.8, 4) is 0 Å². The highest BCUT2D eigenvalue weighted by Gasteiger charge is 2.47. The van der Waals surface area contributed by atoms with Crippen LogP contribution < -0.4 is 16.0 Å². The lowest BCUT2D eigenvalue weighted by molar-refractivity contribution is -0.144. The summed E-state index contributed by atoms with van der Waals surface area (Å²) >= 11 is 0. The number of alkyl halides is 3. The molecule has 52 heavy (non-hydrogen) atoms. The number of rotatable bonds is 12. The van der Waals surface area contributed by atoms with Gasteiger partial charge in [0.05, 0.1) is 30.7 Å². The summed E-state index contributed by atoms with van der Waals surface area (Å²) in [5, 5.41) is 8.88. The van der Waals surface area contributed by atoms with Gasteiger partial charge in [0, 0.05) is 30.6 Å². The number of amides is 4. The number of aryl methyl sites for hydroxylation is 1. The maximum atomic E-state index is 14.7. The molecule has 4 N–H and O–H groups in total. The molecule has 2 aromatic carbocycles. The van der Waals surface area contributed by atoms with Gasteiger partial charge >= 0.3 is 6.18 Å². The van der Waals surface area contributed by atoms with Crippen LogP contribution in [0.15, 0.2) is 42.5 Å². The van der Waals surface area contributed by atoms with Crippen LogP contribution in [-0.4, -0.2) is 77.4 Å². The first kappa shape index (κ1) is 38.8. The van der Waals surface area contributed by atoms with Gasteiger partial charge in [0.25, 0.3) is 0 Å². The van der Waals surface area contributed by atoms with E-state index in [2.05, 4.69) is 20.9 Å². The summed E-state index contributed by atoms with van der Waals surface area (Å²) in [4.78, 5) is 60.6. The first-order valence-corrected chi connectivity index (χ1v) is 17.9. The highest BCUT2D eigenvalue weighted by molar-refractivity contribution is 5.99. The molecule has 1 saturated heterocycles. The summed E-state index contributed by atoms with van der Waals surface area (Å²) in [5.74, 6) is -3.49. The minimum Gasteiger partial charge on any atom is -0.378 e. The van der Waals surface area contributed by atoms with Crippen molar-refractivity contribution in [2.24, 2.45) is 11.8 Å². The van der Waals surface area contributed by atoms with E-state index in [1.165, 1.54) is 24.3 Å². The summed E-state index contributed by atoms with van der Waals surface area (Å²) in [6, 6.07) is 7.58. The van der Waals surface area contributed by atoms with E-state index in [0.29, 0.717) is 50.4 Å². The molecule has 2 aliphatic rings. The van der Waals surface area contributed by atoms with E-state index in [9.17, 15) is 36.7 Å². The lowest BCUT2D eigenvalue weighted by Crippen LogP contribution is -2.67. The van der Waals surface area contributed by atoms with E-state index in [-0.39, 0.29) is 54.0 Å². The number of benzene rings is 2. The summed E-state index contributed by atoms with van der Waals surface area (Å²) in [6.45, 7) is 8.76. The number of fused-ring (bicyclic) bond motifs is 3. The average molecular weight is 730 g/mol. The first-order chi connectivity index (χ1) is 24.7. The Labute approximate surface area is 300 Å².